The molecule has 0 aliphatic rings. The summed E-state index contributed by atoms with van der Waals surface area (Å²) < 4.78 is 44.8. The molecule has 0 unspecified atom stereocenters. The molecule has 31 heavy (non-hydrogen) atoms. The van der Waals surface area contributed by atoms with Crippen LogP contribution in [0.1, 0.15) is 16.7 Å². The first-order valence-corrected chi connectivity index (χ1v) is 9.13. The summed E-state index contributed by atoms with van der Waals surface area (Å²) in [6.07, 6.45) is -3.38. The largest absolute Gasteiger partial charge is 0.478 e. The number of ether oxygens (including phenoxy) is 1. The van der Waals surface area contributed by atoms with Gasteiger partial charge in [0.2, 0.25) is 0 Å². The third kappa shape index (κ3) is 8.90. The van der Waals surface area contributed by atoms with Crippen LogP contribution in [0.15, 0.2) is 53.0 Å². The van der Waals surface area contributed by atoms with Gasteiger partial charge in [-0.25, -0.2) is 9.59 Å². The van der Waals surface area contributed by atoms with E-state index in [4.69, 9.17) is 20.2 Å². The molecule has 7 nitrogen and oxygen atoms in total. The van der Waals surface area contributed by atoms with E-state index in [0.717, 1.165) is 28.2 Å². The molecule has 2 rings (SSSR count). The molecule has 0 radical (unpaired) electrons. The molecule has 0 bridgehead atoms. The summed E-state index contributed by atoms with van der Waals surface area (Å²) >= 11 is 3.39. The number of nitrogens with zero attached hydrogens (tertiary/aromatic N) is 1. The number of nitrogens with one attached hydrogen (secondary N) is 1. The molecule has 2 aromatic carbocycles. The molecule has 0 heterocycles. The Morgan fingerprint density at radius 1 is 1.16 bits per heavy atom. The van der Waals surface area contributed by atoms with Crippen LogP contribution in [0.25, 0.3) is 0 Å². The number of carboxylic acid groups (broad SMARTS) is 2. The molecular formula is C20H16BrF3N2O5. The van der Waals surface area contributed by atoms with E-state index in [2.05, 4.69) is 21.2 Å². The van der Waals surface area contributed by atoms with Crippen LogP contribution in [0.4, 0.5) is 13.2 Å². The van der Waals surface area contributed by atoms with E-state index < -0.39 is 23.7 Å². The van der Waals surface area contributed by atoms with Gasteiger partial charge in [-0.3, -0.25) is 0 Å². The molecule has 0 aliphatic carbocycles. The highest BCUT2D eigenvalue weighted by molar-refractivity contribution is 9.10. The fraction of sp³-hybridized carbons (Fsp3) is 0.150. The van der Waals surface area contributed by atoms with Gasteiger partial charge in [0.25, 0.3) is 0 Å². The lowest BCUT2D eigenvalue weighted by molar-refractivity contribution is -0.137. The van der Waals surface area contributed by atoms with Gasteiger partial charge in [0.1, 0.15) is 17.6 Å². The highest BCUT2D eigenvalue weighted by atomic mass is 79.9. The maximum Gasteiger partial charge on any atom is 0.416 e. The summed E-state index contributed by atoms with van der Waals surface area (Å²) in [5.41, 5.74) is 0.0608. The molecule has 2 aromatic rings. The Morgan fingerprint density at radius 2 is 1.77 bits per heavy atom. The van der Waals surface area contributed by atoms with Crippen molar-refractivity contribution in [3.63, 3.8) is 0 Å². The van der Waals surface area contributed by atoms with E-state index in [-0.39, 0.29) is 11.3 Å². The first-order chi connectivity index (χ1) is 14.5. The Bertz CT molecular complexity index is 1000. The predicted molar refractivity (Wildman–Crippen MR) is 108 cm³/mol. The van der Waals surface area contributed by atoms with Crippen molar-refractivity contribution in [3.05, 3.63) is 69.7 Å². The first-order valence-electron chi connectivity index (χ1n) is 8.34. The first kappa shape index (κ1) is 25.7. The molecule has 0 atom stereocenters. The fourth-order valence-corrected chi connectivity index (χ4v) is 2.47. The second-order valence-corrected chi connectivity index (χ2v) is 6.57. The number of benzene rings is 2. The third-order valence-corrected chi connectivity index (χ3v) is 4.18. The van der Waals surface area contributed by atoms with Crippen molar-refractivity contribution >= 4 is 27.9 Å². The Labute approximate surface area is 183 Å². The van der Waals surface area contributed by atoms with Crippen molar-refractivity contribution in [2.24, 2.45) is 0 Å². The number of hydrogen-bond acceptors (Lipinski definition) is 5. The molecule has 0 aliphatic heterocycles. The van der Waals surface area contributed by atoms with Gasteiger partial charge in [-0.15, -0.1) is 0 Å². The number of nitriles is 1. The molecule has 0 amide bonds. The average molecular weight is 501 g/mol. The van der Waals surface area contributed by atoms with Crippen molar-refractivity contribution in [1.82, 2.24) is 5.32 Å². The van der Waals surface area contributed by atoms with Crippen molar-refractivity contribution < 1.29 is 37.7 Å². The quantitative estimate of drug-likeness (QED) is 0.497. The Hall–Kier alpha value is -3.36. The fourth-order valence-electron chi connectivity index (χ4n) is 2.09. The lowest BCUT2D eigenvalue weighted by atomic mass is 10.1. The number of rotatable bonds is 6. The van der Waals surface area contributed by atoms with Crippen LogP contribution < -0.4 is 10.1 Å². The van der Waals surface area contributed by atoms with Gasteiger partial charge in [0.15, 0.2) is 0 Å². The number of aliphatic carboxylic acids is 2. The van der Waals surface area contributed by atoms with Crippen molar-refractivity contribution in [3.8, 4) is 17.6 Å². The minimum Gasteiger partial charge on any atom is -0.478 e. The molecule has 0 aromatic heterocycles. The lowest BCUT2D eigenvalue weighted by Crippen LogP contribution is -2.06. The highest BCUT2D eigenvalue weighted by Crippen LogP contribution is 2.35. The van der Waals surface area contributed by atoms with Crippen LogP contribution in [0.2, 0.25) is 0 Å². The predicted octanol–water partition coefficient (Wildman–Crippen LogP) is 4.56. The Kier molecular flexibility index (Phi) is 9.72. The topological polar surface area (TPSA) is 120 Å². The van der Waals surface area contributed by atoms with E-state index in [1.807, 2.05) is 6.07 Å². The van der Waals surface area contributed by atoms with Gasteiger partial charge in [-0.1, -0.05) is 15.9 Å². The normalized spacial score (nSPS) is 10.7. The highest BCUT2D eigenvalue weighted by Gasteiger charge is 2.31. The van der Waals surface area contributed by atoms with E-state index in [1.165, 1.54) is 0 Å². The Morgan fingerprint density at radius 3 is 2.26 bits per heavy atom. The molecule has 164 valence electrons. The number of carboxylic acids is 2. The molecule has 3 N–H and O–H groups in total. The van der Waals surface area contributed by atoms with Gasteiger partial charge in [0, 0.05) is 23.2 Å². The van der Waals surface area contributed by atoms with Crippen molar-refractivity contribution in [2.45, 2.75) is 12.7 Å². The summed E-state index contributed by atoms with van der Waals surface area (Å²) in [4.78, 5) is 19.1. The zero-order valence-corrected chi connectivity index (χ0v) is 17.5. The second kappa shape index (κ2) is 11.7. The summed E-state index contributed by atoms with van der Waals surface area (Å²) in [6, 6.07) is 9.68. The maximum atomic E-state index is 12.8. The summed E-state index contributed by atoms with van der Waals surface area (Å²) in [5, 5.41) is 27.6. The summed E-state index contributed by atoms with van der Waals surface area (Å²) in [6.45, 7) is 0.561. The molecule has 0 fully saturated rings. The van der Waals surface area contributed by atoms with Gasteiger partial charge in [-0.05, 0) is 49.0 Å². The molecule has 0 saturated carbocycles. The molecule has 0 spiro atoms. The van der Waals surface area contributed by atoms with Crippen LogP contribution in [0.3, 0.4) is 0 Å². The molecular weight excluding hydrogens is 485 g/mol. The number of carbonyl (C=O) groups is 2. The third-order valence-electron chi connectivity index (χ3n) is 3.41. The van der Waals surface area contributed by atoms with E-state index in [1.54, 1.807) is 25.2 Å². The minimum atomic E-state index is -4.50. The zero-order chi connectivity index (χ0) is 23.6. The minimum absolute atomic E-state index is 0.0380. The smallest absolute Gasteiger partial charge is 0.416 e. The van der Waals surface area contributed by atoms with E-state index in [0.29, 0.717) is 24.4 Å². The van der Waals surface area contributed by atoms with E-state index in [9.17, 15) is 22.8 Å². The number of hydrogen-bond donors (Lipinski definition) is 3. The van der Waals surface area contributed by atoms with Crippen LogP contribution in [-0.2, 0) is 22.3 Å². The second-order valence-electron chi connectivity index (χ2n) is 5.72. The molecule has 11 heteroatoms. The lowest BCUT2D eigenvalue weighted by Gasteiger charge is -2.13. The Balaban J connectivity index is 0.000000512. The van der Waals surface area contributed by atoms with E-state index >= 15 is 0 Å². The number of halogens is 4. The van der Waals surface area contributed by atoms with Crippen molar-refractivity contribution in [1.29, 1.82) is 5.26 Å². The molecule has 0 saturated heterocycles. The van der Waals surface area contributed by atoms with Crippen LogP contribution in [-0.4, -0.2) is 29.2 Å². The summed E-state index contributed by atoms with van der Waals surface area (Å²) in [7, 11) is 1.78. The number of alkyl halides is 3. The van der Waals surface area contributed by atoms with Gasteiger partial charge in [-0.2, -0.15) is 18.4 Å². The SMILES string of the molecule is CNCc1cc(Oc2cc(C(F)(F)F)ccc2C#N)ccc1Br.O=C(O)C=CC(=O)O. The standard InChI is InChI=1S/C16H12BrF3N2O.C4H4O4/c1-22-9-11-6-13(4-5-14(11)17)23-15-7-12(16(18,19)20)3-2-10(15)8-21;5-3(6)1-2-4(7)8/h2-7,22H,9H2,1H3;1-2H,(H,5,6)(H,7,8). The van der Waals surface area contributed by atoms with Crippen LogP contribution >= 0.6 is 15.9 Å². The van der Waals surface area contributed by atoms with Crippen LogP contribution in [0.5, 0.6) is 11.5 Å². The van der Waals surface area contributed by atoms with Gasteiger partial charge >= 0.3 is 18.1 Å². The summed E-state index contributed by atoms with van der Waals surface area (Å²) in [5.74, 6) is -2.28. The average Bonchev–Trinajstić information content (AvgIpc) is 2.69. The van der Waals surface area contributed by atoms with Gasteiger partial charge < -0.3 is 20.3 Å². The monoisotopic (exact) mass is 500 g/mol. The zero-order valence-electron chi connectivity index (χ0n) is 15.9. The van der Waals surface area contributed by atoms with Crippen molar-refractivity contribution in [2.75, 3.05) is 7.05 Å². The maximum absolute atomic E-state index is 12.8. The van der Waals surface area contributed by atoms with Gasteiger partial charge in [0.05, 0.1) is 11.1 Å². The van der Waals surface area contributed by atoms with Crippen LogP contribution in [0, 0.1) is 11.3 Å².